The molecule has 7 nitrogen and oxygen atoms in total. The van der Waals surface area contributed by atoms with Crippen LogP contribution in [0.5, 0.6) is 11.8 Å². The van der Waals surface area contributed by atoms with Crippen molar-refractivity contribution in [3.05, 3.63) is 36.3 Å². The molecule has 0 bridgehead atoms. The Morgan fingerprint density at radius 1 is 1.27 bits per heavy atom. The van der Waals surface area contributed by atoms with Crippen LogP contribution in [0.1, 0.15) is 5.56 Å². The Kier molecular flexibility index (Phi) is 4.65. The van der Waals surface area contributed by atoms with E-state index in [0.717, 1.165) is 37.6 Å². The topological polar surface area (TPSA) is 72.4 Å². The third kappa shape index (κ3) is 3.43. The zero-order valence-electron chi connectivity index (χ0n) is 12.5. The maximum absolute atomic E-state index is 5.73. The molecule has 0 aromatic carbocycles. The van der Waals surface area contributed by atoms with Crippen LogP contribution in [-0.4, -0.2) is 48.2 Å². The van der Waals surface area contributed by atoms with Gasteiger partial charge in [0, 0.05) is 32.4 Å². The van der Waals surface area contributed by atoms with E-state index in [1.54, 1.807) is 25.7 Å². The lowest BCUT2D eigenvalue weighted by Crippen LogP contribution is -2.43. The molecule has 3 rings (SSSR count). The minimum Gasteiger partial charge on any atom is -0.481 e. The van der Waals surface area contributed by atoms with Crippen LogP contribution in [0.3, 0.4) is 0 Å². The van der Waals surface area contributed by atoms with Crippen LogP contribution in [0.15, 0.2) is 30.7 Å². The van der Waals surface area contributed by atoms with Gasteiger partial charge in [0.2, 0.25) is 11.8 Å². The molecule has 0 unspecified atom stereocenters. The quantitative estimate of drug-likeness (QED) is 0.878. The summed E-state index contributed by atoms with van der Waals surface area (Å²) < 4.78 is 10.9. The minimum atomic E-state index is 0.344. The van der Waals surface area contributed by atoms with Gasteiger partial charge < -0.3 is 19.7 Å². The largest absolute Gasteiger partial charge is 0.481 e. The second-order valence-electron chi connectivity index (χ2n) is 4.91. The summed E-state index contributed by atoms with van der Waals surface area (Å²) in [5, 5.41) is 3.32. The number of aromatic nitrogens is 3. The first kappa shape index (κ1) is 14.5. The van der Waals surface area contributed by atoms with Crippen molar-refractivity contribution in [3.63, 3.8) is 0 Å². The average Bonchev–Trinajstić information content (AvgIpc) is 2.61. The fourth-order valence-corrected chi connectivity index (χ4v) is 2.32. The van der Waals surface area contributed by atoms with Gasteiger partial charge in [0.05, 0.1) is 25.1 Å². The molecule has 0 radical (unpaired) electrons. The number of methoxy groups -OCH3 is 1. The van der Waals surface area contributed by atoms with E-state index in [4.69, 9.17) is 9.47 Å². The number of hydrogen-bond donors (Lipinski definition) is 1. The molecule has 1 saturated heterocycles. The minimum absolute atomic E-state index is 0.344. The van der Waals surface area contributed by atoms with Crippen LogP contribution < -0.4 is 19.7 Å². The van der Waals surface area contributed by atoms with E-state index in [1.165, 1.54) is 0 Å². The van der Waals surface area contributed by atoms with Gasteiger partial charge in [0.15, 0.2) is 5.82 Å². The van der Waals surface area contributed by atoms with E-state index in [9.17, 15) is 0 Å². The standard InChI is InChI=1S/C15H19N5O2/c1-21-15-12(3-2-4-18-15)11-22-14-10-17-9-13(19-14)20-7-5-16-6-8-20/h2-4,9-10,16H,5-8,11H2,1H3. The highest BCUT2D eigenvalue weighted by Crippen LogP contribution is 2.18. The molecule has 1 fully saturated rings. The van der Waals surface area contributed by atoms with E-state index in [1.807, 2.05) is 12.1 Å². The number of hydrogen-bond acceptors (Lipinski definition) is 7. The number of rotatable bonds is 5. The second-order valence-corrected chi connectivity index (χ2v) is 4.91. The Hall–Kier alpha value is -2.41. The maximum atomic E-state index is 5.73. The molecule has 0 spiro atoms. The first-order valence-corrected chi connectivity index (χ1v) is 7.25. The SMILES string of the molecule is COc1ncccc1COc1cncc(N2CCNCC2)n1. The first-order chi connectivity index (χ1) is 10.9. The predicted molar refractivity (Wildman–Crippen MR) is 82.2 cm³/mol. The molecule has 3 heterocycles. The summed E-state index contributed by atoms with van der Waals surface area (Å²) in [4.78, 5) is 15.1. The number of piperazine rings is 1. The van der Waals surface area contributed by atoms with Crippen molar-refractivity contribution in [1.82, 2.24) is 20.3 Å². The fourth-order valence-electron chi connectivity index (χ4n) is 2.32. The predicted octanol–water partition coefficient (Wildman–Crippen LogP) is 0.869. The van der Waals surface area contributed by atoms with Crippen LogP contribution in [-0.2, 0) is 6.61 Å². The van der Waals surface area contributed by atoms with Crippen LogP contribution in [0.4, 0.5) is 5.82 Å². The monoisotopic (exact) mass is 301 g/mol. The normalized spacial score (nSPS) is 14.7. The van der Waals surface area contributed by atoms with Crippen LogP contribution in [0, 0.1) is 0 Å². The Bertz CT molecular complexity index is 616. The van der Waals surface area contributed by atoms with E-state index in [-0.39, 0.29) is 0 Å². The summed E-state index contributed by atoms with van der Waals surface area (Å²) in [5.74, 6) is 1.91. The fraction of sp³-hybridized carbons (Fsp3) is 0.400. The molecule has 0 aliphatic carbocycles. The van der Waals surface area contributed by atoms with Crippen molar-refractivity contribution in [1.29, 1.82) is 0 Å². The number of nitrogens with zero attached hydrogens (tertiary/aromatic N) is 4. The Balaban J connectivity index is 1.67. The molecule has 116 valence electrons. The van der Waals surface area contributed by atoms with Gasteiger partial charge >= 0.3 is 0 Å². The van der Waals surface area contributed by atoms with Crippen molar-refractivity contribution in [2.24, 2.45) is 0 Å². The molecular formula is C15H19N5O2. The Morgan fingerprint density at radius 2 is 2.14 bits per heavy atom. The van der Waals surface area contributed by atoms with E-state index in [0.29, 0.717) is 18.4 Å². The van der Waals surface area contributed by atoms with Crippen molar-refractivity contribution in [2.45, 2.75) is 6.61 Å². The van der Waals surface area contributed by atoms with Gasteiger partial charge in [-0.3, -0.25) is 4.98 Å². The molecule has 22 heavy (non-hydrogen) atoms. The summed E-state index contributed by atoms with van der Waals surface area (Å²) in [6.07, 6.45) is 5.07. The number of pyridine rings is 1. The number of anilines is 1. The van der Waals surface area contributed by atoms with E-state index < -0.39 is 0 Å². The molecule has 2 aromatic rings. The van der Waals surface area contributed by atoms with Gasteiger partial charge in [0.1, 0.15) is 6.61 Å². The van der Waals surface area contributed by atoms with Crippen molar-refractivity contribution in [3.8, 4) is 11.8 Å². The molecular weight excluding hydrogens is 282 g/mol. The van der Waals surface area contributed by atoms with Crippen molar-refractivity contribution in [2.75, 3.05) is 38.2 Å². The summed E-state index contributed by atoms with van der Waals surface area (Å²) in [5.41, 5.74) is 0.874. The molecule has 0 atom stereocenters. The zero-order valence-corrected chi connectivity index (χ0v) is 12.5. The molecule has 1 N–H and O–H groups in total. The third-order valence-electron chi connectivity index (χ3n) is 3.46. The highest BCUT2D eigenvalue weighted by atomic mass is 16.5. The van der Waals surface area contributed by atoms with Crippen LogP contribution in [0.2, 0.25) is 0 Å². The Labute approximate surface area is 129 Å². The molecule has 7 heteroatoms. The Morgan fingerprint density at radius 3 is 2.95 bits per heavy atom. The lowest BCUT2D eigenvalue weighted by atomic mass is 10.3. The summed E-state index contributed by atoms with van der Waals surface area (Å²) in [6.45, 7) is 4.11. The summed E-state index contributed by atoms with van der Waals surface area (Å²) >= 11 is 0. The number of nitrogens with one attached hydrogen (secondary N) is 1. The van der Waals surface area contributed by atoms with Gasteiger partial charge in [0.25, 0.3) is 0 Å². The van der Waals surface area contributed by atoms with Crippen molar-refractivity contribution >= 4 is 5.82 Å². The molecule has 0 saturated carbocycles. The average molecular weight is 301 g/mol. The lowest BCUT2D eigenvalue weighted by Gasteiger charge is -2.28. The maximum Gasteiger partial charge on any atom is 0.234 e. The van der Waals surface area contributed by atoms with Gasteiger partial charge in [-0.05, 0) is 12.1 Å². The molecule has 2 aromatic heterocycles. The van der Waals surface area contributed by atoms with Crippen LogP contribution in [0.25, 0.3) is 0 Å². The van der Waals surface area contributed by atoms with Gasteiger partial charge in [-0.2, -0.15) is 4.98 Å². The van der Waals surface area contributed by atoms with E-state index >= 15 is 0 Å². The lowest BCUT2D eigenvalue weighted by molar-refractivity contribution is 0.282. The summed E-state index contributed by atoms with van der Waals surface area (Å²) in [6, 6.07) is 3.77. The second kappa shape index (κ2) is 7.04. The molecule has 1 aliphatic rings. The molecule has 1 aliphatic heterocycles. The third-order valence-corrected chi connectivity index (χ3v) is 3.46. The van der Waals surface area contributed by atoms with Crippen LogP contribution >= 0.6 is 0 Å². The highest BCUT2D eigenvalue weighted by Gasteiger charge is 2.13. The number of ether oxygens (including phenoxy) is 2. The van der Waals surface area contributed by atoms with Gasteiger partial charge in [-0.1, -0.05) is 0 Å². The summed E-state index contributed by atoms with van der Waals surface area (Å²) in [7, 11) is 1.59. The first-order valence-electron chi connectivity index (χ1n) is 7.25. The van der Waals surface area contributed by atoms with E-state index in [2.05, 4.69) is 25.2 Å². The smallest absolute Gasteiger partial charge is 0.234 e. The molecule has 0 amide bonds. The van der Waals surface area contributed by atoms with Crippen molar-refractivity contribution < 1.29 is 9.47 Å². The van der Waals surface area contributed by atoms with Gasteiger partial charge in [-0.15, -0.1) is 0 Å². The van der Waals surface area contributed by atoms with Gasteiger partial charge in [-0.25, -0.2) is 4.98 Å². The zero-order chi connectivity index (χ0) is 15.2. The highest BCUT2D eigenvalue weighted by molar-refractivity contribution is 5.38.